The van der Waals surface area contributed by atoms with Gasteiger partial charge < -0.3 is 10.8 Å². The molecule has 2 heteroatoms. The van der Waals surface area contributed by atoms with Crippen molar-refractivity contribution in [3.05, 3.63) is 34.9 Å². The monoisotopic (exact) mass is 233 g/mol. The van der Waals surface area contributed by atoms with Crippen LogP contribution < -0.4 is 5.73 Å². The number of aryl methyl sites for hydroxylation is 2. The smallest absolute Gasteiger partial charge is 0.0689 e. The third kappa shape index (κ3) is 3.08. The van der Waals surface area contributed by atoms with E-state index in [1.165, 1.54) is 16.7 Å². The van der Waals surface area contributed by atoms with Crippen molar-refractivity contribution in [1.82, 2.24) is 0 Å². The highest BCUT2D eigenvalue weighted by atomic mass is 16.3. The number of aliphatic hydroxyl groups is 1. The topological polar surface area (TPSA) is 46.2 Å². The molecular weight excluding hydrogens is 210 g/mol. The van der Waals surface area contributed by atoms with E-state index >= 15 is 0 Å². The van der Waals surface area contributed by atoms with Crippen molar-refractivity contribution in [1.29, 1.82) is 0 Å². The van der Waals surface area contributed by atoms with E-state index in [2.05, 4.69) is 32.0 Å². The van der Waals surface area contributed by atoms with Gasteiger partial charge in [-0.05, 0) is 56.2 Å². The molecule has 1 aliphatic carbocycles. The fraction of sp³-hybridized carbons (Fsp3) is 0.600. The summed E-state index contributed by atoms with van der Waals surface area (Å²) in [4.78, 5) is 0. The summed E-state index contributed by atoms with van der Waals surface area (Å²) in [5.74, 6) is 0. The van der Waals surface area contributed by atoms with Gasteiger partial charge in [0, 0.05) is 12.5 Å². The molecule has 0 amide bonds. The molecular formula is C15H23NO. The Kier molecular flexibility index (Phi) is 3.55. The number of rotatable bonds is 2. The van der Waals surface area contributed by atoms with E-state index in [0.29, 0.717) is 0 Å². The molecule has 1 fully saturated rings. The van der Waals surface area contributed by atoms with Crippen LogP contribution in [0, 0.1) is 13.8 Å². The van der Waals surface area contributed by atoms with Gasteiger partial charge in [0.25, 0.3) is 0 Å². The summed E-state index contributed by atoms with van der Waals surface area (Å²) in [7, 11) is 0. The summed E-state index contributed by atoms with van der Waals surface area (Å²) >= 11 is 0. The summed E-state index contributed by atoms with van der Waals surface area (Å²) in [5.41, 5.74) is 9.21. The molecule has 2 nitrogen and oxygen atoms in total. The van der Waals surface area contributed by atoms with Crippen LogP contribution in [0.1, 0.15) is 42.4 Å². The van der Waals surface area contributed by atoms with Crippen molar-refractivity contribution in [3.63, 3.8) is 0 Å². The van der Waals surface area contributed by atoms with Crippen molar-refractivity contribution in [2.45, 2.75) is 57.6 Å². The molecule has 0 spiro atoms. The highest BCUT2D eigenvalue weighted by Crippen LogP contribution is 2.31. The van der Waals surface area contributed by atoms with Crippen molar-refractivity contribution >= 4 is 0 Å². The fourth-order valence-electron chi connectivity index (χ4n) is 2.65. The third-order valence-corrected chi connectivity index (χ3v) is 4.07. The Balaban J connectivity index is 2.07. The molecule has 2 rings (SSSR count). The fourth-order valence-corrected chi connectivity index (χ4v) is 2.65. The van der Waals surface area contributed by atoms with Crippen molar-refractivity contribution < 1.29 is 5.11 Å². The minimum absolute atomic E-state index is 0.287. The average Bonchev–Trinajstić information content (AvgIpc) is 2.28. The molecule has 0 aliphatic heterocycles. The van der Waals surface area contributed by atoms with E-state index in [9.17, 15) is 5.11 Å². The molecule has 1 aliphatic rings. The molecule has 0 radical (unpaired) electrons. The van der Waals surface area contributed by atoms with Crippen LogP contribution in [0.5, 0.6) is 0 Å². The van der Waals surface area contributed by atoms with E-state index in [1.54, 1.807) is 0 Å². The summed E-state index contributed by atoms with van der Waals surface area (Å²) in [6.07, 6.45) is 4.33. The molecule has 1 aromatic rings. The lowest BCUT2D eigenvalue weighted by molar-refractivity contribution is 0.000207. The highest BCUT2D eigenvalue weighted by Gasteiger charge is 2.32. The molecule has 0 atom stereocenters. The van der Waals surface area contributed by atoms with Gasteiger partial charge in [0.2, 0.25) is 0 Å². The van der Waals surface area contributed by atoms with Crippen LogP contribution in [0.15, 0.2) is 18.2 Å². The highest BCUT2D eigenvalue weighted by molar-refractivity contribution is 5.30. The van der Waals surface area contributed by atoms with E-state index < -0.39 is 5.60 Å². The Morgan fingerprint density at radius 2 is 1.88 bits per heavy atom. The van der Waals surface area contributed by atoms with E-state index in [-0.39, 0.29) is 6.04 Å². The second-order valence-electron chi connectivity index (χ2n) is 5.66. The summed E-state index contributed by atoms with van der Waals surface area (Å²) in [6, 6.07) is 6.76. The van der Waals surface area contributed by atoms with Crippen molar-refractivity contribution in [2.24, 2.45) is 5.73 Å². The Bertz CT molecular complexity index is 392. The first-order valence-corrected chi connectivity index (χ1v) is 6.53. The number of hydrogen-bond donors (Lipinski definition) is 2. The van der Waals surface area contributed by atoms with Gasteiger partial charge in [0.1, 0.15) is 0 Å². The predicted octanol–water partition coefficient (Wildman–Crippen LogP) is 2.48. The van der Waals surface area contributed by atoms with Gasteiger partial charge in [0.15, 0.2) is 0 Å². The first kappa shape index (κ1) is 12.6. The van der Waals surface area contributed by atoms with Crippen LogP contribution in [0.25, 0.3) is 0 Å². The summed E-state index contributed by atoms with van der Waals surface area (Å²) in [5, 5.41) is 10.5. The number of nitrogens with two attached hydrogens (primary N) is 1. The Labute approximate surface area is 104 Å². The average molecular weight is 233 g/mol. The zero-order valence-corrected chi connectivity index (χ0v) is 10.9. The lowest BCUT2D eigenvalue weighted by atomic mass is 9.78. The summed E-state index contributed by atoms with van der Waals surface area (Å²) in [6.45, 7) is 4.24. The van der Waals surface area contributed by atoms with E-state index in [0.717, 1.165) is 32.1 Å². The van der Waals surface area contributed by atoms with Crippen LogP contribution in [0.4, 0.5) is 0 Å². The minimum atomic E-state index is -0.530. The van der Waals surface area contributed by atoms with Crippen LogP contribution in [0.2, 0.25) is 0 Å². The zero-order chi connectivity index (χ0) is 12.5. The first-order chi connectivity index (χ1) is 7.98. The second-order valence-corrected chi connectivity index (χ2v) is 5.66. The molecule has 1 aromatic carbocycles. The van der Waals surface area contributed by atoms with Gasteiger partial charge in [-0.3, -0.25) is 0 Å². The lowest BCUT2D eigenvalue weighted by Gasteiger charge is -2.35. The predicted molar refractivity (Wildman–Crippen MR) is 71.0 cm³/mol. The van der Waals surface area contributed by atoms with Gasteiger partial charge in [-0.25, -0.2) is 0 Å². The van der Waals surface area contributed by atoms with Crippen LogP contribution in [-0.2, 0) is 6.42 Å². The Morgan fingerprint density at radius 3 is 2.47 bits per heavy atom. The molecule has 1 saturated carbocycles. The molecule has 0 saturated heterocycles. The first-order valence-electron chi connectivity index (χ1n) is 6.53. The SMILES string of the molecule is Cc1ccc(CC2(O)CCC(N)CC2)cc1C. The van der Waals surface area contributed by atoms with Gasteiger partial charge in [-0.15, -0.1) is 0 Å². The minimum Gasteiger partial charge on any atom is -0.390 e. The van der Waals surface area contributed by atoms with E-state index in [1.807, 2.05) is 0 Å². The maximum Gasteiger partial charge on any atom is 0.0689 e. The molecule has 17 heavy (non-hydrogen) atoms. The van der Waals surface area contributed by atoms with Crippen LogP contribution >= 0.6 is 0 Å². The van der Waals surface area contributed by atoms with Crippen molar-refractivity contribution in [2.75, 3.05) is 0 Å². The normalized spacial score (nSPS) is 29.3. The number of benzene rings is 1. The quantitative estimate of drug-likeness (QED) is 0.824. The zero-order valence-electron chi connectivity index (χ0n) is 10.9. The number of hydrogen-bond acceptors (Lipinski definition) is 2. The lowest BCUT2D eigenvalue weighted by Crippen LogP contribution is -2.40. The Morgan fingerprint density at radius 1 is 1.24 bits per heavy atom. The van der Waals surface area contributed by atoms with Crippen LogP contribution in [-0.4, -0.2) is 16.7 Å². The molecule has 0 heterocycles. The van der Waals surface area contributed by atoms with E-state index in [4.69, 9.17) is 5.73 Å². The maximum absolute atomic E-state index is 10.5. The maximum atomic E-state index is 10.5. The molecule has 0 aromatic heterocycles. The van der Waals surface area contributed by atoms with Gasteiger partial charge in [-0.2, -0.15) is 0 Å². The van der Waals surface area contributed by atoms with Crippen molar-refractivity contribution in [3.8, 4) is 0 Å². The summed E-state index contributed by atoms with van der Waals surface area (Å²) < 4.78 is 0. The van der Waals surface area contributed by atoms with Gasteiger partial charge in [0.05, 0.1) is 5.60 Å². The standard InChI is InChI=1S/C15H23NO/c1-11-3-4-13(9-12(11)2)10-15(17)7-5-14(16)6-8-15/h3-4,9,14,17H,5-8,10,16H2,1-2H3. The third-order valence-electron chi connectivity index (χ3n) is 4.07. The molecule has 3 N–H and O–H groups in total. The van der Waals surface area contributed by atoms with Gasteiger partial charge >= 0.3 is 0 Å². The molecule has 0 unspecified atom stereocenters. The largest absolute Gasteiger partial charge is 0.390 e. The molecule has 94 valence electrons. The molecule has 0 bridgehead atoms. The second kappa shape index (κ2) is 4.79. The Hall–Kier alpha value is -0.860. The van der Waals surface area contributed by atoms with Crippen LogP contribution in [0.3, 0.4) is 0 Å². The van der Waals surface area contributed by atoms with Gasteiger partial charge in [-0.1, -0.05) is 18.2 Å².